The minimum absolute atomic E-state index is 0.136. The van der Waals surface area contributed by atoms with Gasteiger partial charge in [0.2, 0.25) is 0 Å². The lowest BCUT2D eigenvalue weighted by molar-refractivity contribution is -0.929. The van der Waals surface area contributed by atoms with E-state index in [2.05, 4.69) is 32.7 Å². The topological polar surface area (TPSA) is 122 Å². The van der Waals surface area contributed by atoms with Crippen molar-refractivity contribution < 1.29 is 19.4 Å². The van der Waals surface area contributed by atoms with Gasteiger partial charge in [-0.15, -0.1) is 5.75 Å². The Hall–Kier alpha value is -3.33. The molecular weight excluding hydrogens is 484 g/mol. The first-order chi connectivity index (χ1) is 18.2. The highest BCUT2D eigenvalue weighted by Gasteiger charge is 2.24. The van der Waals surface area contributed by atoms with E-state index in [9.17, 15) is 25.3 Å². The Morgan fingerprint density at radius 2 is 1.21 bits per heavy atom. The smallest absolute Gasteiger partial charge is 0.285 e. The van der Waals surface area contributed by atoms with E-state index < -0.39 is 15.5 Å². The van der Waals surface area contributed by atoms with Gasteiger partial charge in [-0.3, -0.25) is 25.2 Å². The summed E-state index contributed by atoms with van der Waals surface area (Å²) in [7, 11) is 0. The van der Waals surface area contributed by atoms with Gasteiger partial charge in [-0.1, -0.05) is 65.5 Å². The molecule has 9 heteroatoms. The maximum atomic E-state index is 10.9. The highest BCUT2D eigenvalue weighted by Crippen LogP contribution is 2.24. The predicted molar refractivity (Wildman–Crippen MR) is 152 cm³/mol. The van der Waals surface area contributed by atoms with E-state index >= 15 is 0 Å². The van der Waals surface area contributed by atoms with E-state index in [0.29, 0.717) is 5.69 Å². The molecule has 0 atom stereocenters. The summed E-state index contributed by atoms with van der Waals surface area (Å²) in [6.45, 7) is 15.0. The van der Waals surface area contributed by atoms with Gasteiger partial charge in [0.05, 0.1) is 53.3 Å². The summed E-state index contributed by atoms with van der Waals surface area (Å²) < 4.78 is 1.42. The standard InChI is InChI=1S/C16H36N.C13H9N3O5/c1-5-9-13-17(14-10-6-2,15-11-7-3)16-12-8-4;17-12-5-2-10(3-6-12)14-8-9-1-4-11(15(18)19)7-13(9)16(20)21/h5-16H2,1-4H3;1-8,17H/q+1;/p-1. The number of hydrogen-bond donors (Lipinski definition) is 0. The van der Waals surface area contributed by atoms with Gasteiger partial charge in [-0.25, -0.2) is 0 Å². The Bertz CT molecular complexity index is 971. The molecule has 0 N–H and O–H groups in total. The van der Waals surface area contributed by atoms with Gasteiger partial charge < -0.3 is 9.59 Å². The van der Waals surface area contributed by atoms with Crippen molar-refractivity contribution in [1.82, 2.24) is 0 Å². The molecule has 0 aliphatic rings. The van der Waals surface area contributed by atoms with Crippen molar-refractivity contribution in [3.8, 4) is 5.75 Å². The Balaban J connectivity index is 0.000000391. The number of aliphatic imine (C=N–C) groups is 1. The molecule has 0 unspecified atom stereocenters. The molecular formula is C29H44N4O5. The van der Waals surface area contributed by atoms with Crippen molar-refractivity contribution >= 4 is 23.3 Å². The summed E-state index contributed by atoms with van der Waals surface area (Å²) in [6.07, 6.45) is 12.3. The van der Waals surface area contributed by atoms with Crippen molar-refractivity contribution in [3.63, 3.8) is 0 Å². The molecule has 0 saturated heterocycles. The quantitative estimate of drug-likeness (QED) is 0.0977. The number of nitro benzene ring substituents is 2. The molecule has 0 aliphatic heterocycles. The van der Waals surface area contributed by atoms with Crippen molar-refractivity contribution in [3.05, 3.63) is 68.3 Å². The van der Waals surface area contributed by atoms with Gasteiger partial charge in [0.25, 0.3) is 11.4 Å². The molecule has 0 radical (unpaired) electrons. The summed E-state index contributed by atoms with van der Waals surface area (Å²) in [5.74, 6) is -0.171. The molecule has 2 rings (SSSR count). The fourth-order valence-corrected chi connectivity index (χ4v) is 4.23. The number of nitrogens with zero attached hydrogens (tertiary/aromatic N) is 4. The Labute approximate surface area is 227 Å². The minimum Gasteiger partial charge on any atom is -0.872 e. The van der Waals surface area contributed by atoms with E-state index in [1.165, 1.54) is 119 Å². The number of unbranched alkanes of at least 4 members (excludes halogenated alkanes) is 4. The van der Waals surface area contributed by atoms with Crippen molar-refractivity contribution in [2.45, 2.75) is 79.1 Å². The number of quaternary nitrogens is 1. The second-order valence-corrected chi connectivity index (χ2v) is 9.66. The number of benzene rings is 2. The first-order valence-electron chi connectivity index (χ1n) is 13.8. The van der Waals surface area contributed by atoms with Crippen LogP contribution in [0.5, 0.6) is 5.75 Å². The fourth-order valence-electron chi connectivity index (χ4n) is 4.23. The second kappa shape index (κ2) is 18.0. The number of rotatable bonds is 16. The van der Waals surface area contributed by atoms with Gasteiger partial charge in [-0.2, -0.15) is 0 Å². The van der Waals surface area contributed by atoms with Crippen LogP contribution in [0.2, 0.25) is 0 Å². The zero-order valence-electron chi connectivity index (χ0n) is 23.4. The monoisotopic (exact) mass is 528 g/mol. The average molecular weight is 529 g/mol. The molecule has 2 aromatic rings. The van der Waals surface area contributed by atoms with Crippen LogP contribution in [0.15, 0.2) is 47.5 Å². The molecule has 0 aliphatic carbocycles. The Morgan fingerprint density at radius 3 is 1.61 bits per heavy atom. The zero-order chi connectivity index (χ0) is 28.4. The molecule has 38 heavy (non-hydrogen) atoms. The van der Waals surface area contributed by atoms with Crippen LogP contribution in [0, 0.1) is 20.2 Å². The molecule has 0 spiro atoms. The lowest BCUT2D eigenvalue weighted by atomic mass is 10.1. The van der Waals surface area contributed by atoms with E-state index in [0.717, 1.165) is 12.1 Å². The Kier molecular flexibility index (Phi) is 15.5. The summed E-state index contributed by atoms with van der Waals surface area (Å²) in [4.78, 5) is 24.1. The van der Waals surface area contributed by atoms with Crippen LogP contribution in [0.3, 0.4) is 0 Å². The normalized spacial score (nSPS) is 11.3. The maximum Gasteiger partial charge on any atom is 0.285 e. The van der Waals surface area contributed by atoms with E-state index in [4.69, 9.17) is 0 Å². The predicted octanol–water partition coefficient (Wildman–Crippen LogP) is 7.33. The second-order valence-electron chi connectivity index (χ2n) is 9.66. The maximum absolute atomic E-state index is 10.9. The molecule has 2 aromatic carbocycles. The molecule has 0 aromatic heterocycles. The molecule has 0 bridgehead atoms. The largest absolute Gasteiger partial charge is 0.872 e. The highest BCUT2D eigenvalue weighted by atomic mass is 16.6. The molecule has 9 nitrogen and oxygen atoms in total. The minimum atomic E-state index is -0.713. The molecule has 0 saturated carbocycles. The molecule has 0 heterocycles. The third kappa shape index (κ3) is 11.8. The van der Waals surface area contributed by atoms with Crippen LogP contribution >= 0.6 is 0 Å². The van der Waals surface area contributed by atoms with Crippen LogP contribution < -0.4 is 5.11 Å². The third-order valence-corrected chi connectivity index (χ3v) is 6.55. The summed E-state index contributed by atoms with van der Waals surface area (Å²) in [5.41, 5.74) is -0.193. The van der Waals surface area contributed by atoms with Gasteiger partial charge in [0.15, 0.2) is 0 Å². The van der Waals surface area contributed by atoms with Crippen molar-refractivity contribution in [2.24, 2.45) is 4.99 Å². The third-order valence-electron chi connectivity index (χ3n) is 6.55. The van der Waals surface area contributed by atoms with E-state index in [-0.39, 0.29) is 17.0 Å². The molecule has 0 fully saturated rings. The number of hydrogen-bond acceptors (Lipinski definition) is 6. The average Bonchev–Trinajstić information content (AvgIpc) is 2.92. The van der Waals surface area contributed by atoms with Crippen LogP contribution in [0.1, 0.15) is 84.6 Å². The van der Waals surface area contributed by atoms with Crippen LogP contribution in [0.25, 0.3) is 0 Å². The van der Waals surface area contributed by atoms with Gasteiger partial charge in [0.1, 0.15) is 0 Å². The summed E-state index contributed by atoms with van der Waals surface area (Å²) in [5, 5.41) is 32.5. The first kappa shape index (κ1) is 32.7. The zero-order valence-corrected chi connectivity index (χ0v) is 23.4. The molecule has 210 valence electrons. The summed E-state index contributed by atoms with van der Waals surface area (Å²) in [6, 6.07) is 8.86. The van der Waals surface area contributed by atoms with Crippen LogP contribution in [0.4, 0.5) is 17.1 Å². The highest BCUT2D eigenvalue weighted by molar-refractivity contribution is 5.87. The van der Waals surface area contributed by atoms with Crippen molar-refractivity contribution in [2.75, 3.05) is 26.2 Å². The number of non-ortho nitro benzene ring substituents is 1. The first-order valence-corrected chi connectivity index (χ1v) is 13.8. The van der Waals surface area contributed by atoms with E-state index in [1.807, 2.05) is 0 Å². The van der Waals surface area contributed by atoms with Gasteiger partial charge >= 0.3 is 0 Å². The van der Waals surface area contributed by atoms with Crippen molar-refractivity contribution in [1.29, 1.82) is 0 Å². The fraction of sp³-hybridized carbons (Fsp3) is 0.552. The SMILES string of the molecule is CCCC[N+](CCCC)(CCCC)CCCC.O=[N+]([O-])c1ccc(C=Nc2ccc([O-])cc2)c([N+](=O)[O-])c1. The summed E-state index contributed by atoms with van der Waals surface area (Å²) >= 11 is 0. The Morgan fingerprint density at radius 1 is 0.737 bits per heavy atom. The molecule has 0 amide bonds. The van der Waals surface area contributed by atoms with Crippen LogP contribution in [-0.4, -0.2) is 46.7 Å². The number of nitro groups is 2. The lowest BCUT2D eigenvalue weighted by Gasteiger charge is -2.39. The lowest BCUT2D eigenvalue weighted by Crippen LogP contribution is -2.50. The van der Waals surface area contributed by atoms with Crippen LogP contribution in [-0.2, 0) is 0 Å². The van der Waals surface area contributed by atoms with E-state index in [1.54, 1.807) is 0 Å². The van der Waals surface area contributed by atoms with Gasteiger partial charge in [0, 0.05) is 12.3 Å². The van der Waals surface area contributed by atoms with Gasteiger partial charge in [-0.05, 0) is 43.9 Å².